The van der Waals surface area contributed by atoms with Gasteiger partial charge in [0.25, 0.3) is 0 Å². The van der Waals surface area contributed by atoms with Gasteiger partial charge in [-0.3, -0.25) is 9.59 Å². The summed E-state index contributed by atoms with van der Waals surface area (Å²) in [5.74, 6) is -0.883. The number of nitrogens with two attached hydrogens (primary N) is 1. The van der Waals surface area contributed by atoms with Crippen LogP contribution in [0.15, 0.2) is 18.2 Å². The van der Waals surface area contributed by atoms with E-state index in [2.05, 4.69) is 5.32 Å². The second-order valence-electron chi connectivity index (χ2n) is 4.11. The van der Waals surface area contributed by atoms with E-state index < -0.39 is 24.3 Å². The Balaban J connectivity index is 2.69. The van der Waals surface area contributed by atoms with Crippen molar-refractivity contribution in [2.45, 2.75) is 26.3 Å². The summed E-state index contributed by atoms with van der Waals surface area (Å²) < 4.78 is 5.38. The molecule has 0 heterocycles. The van der Waals surface area contributed by atoms with Crippen LogP contribution in [0, 0.1) is 6.92 Å². The molecule has 1 unspecified atom stereocenters. The number of anilines is 1. The number of hydrogen-bond acceptors (Lipinski definition) is 4. The van der Waals surface area contributed by atoms with Crippen LogP contribution in [0.4, 0.5) is 5.69 Å². The molecule has 0 bridgehead atoms. The summed E-state index contributed by atoms with van der Waals surface area (Å²) in [5.41, 5.74) is 6.91. The fourth-order valence-electron chi connectivity index (χ4n) is 1.56. The fourth-order valence-corrected chi connectivity index (χ4v) is 1.56. The summed E-state index contributed by atoms with van der Waals surface area (Å²) in [6.07, 6.45) is -0.401. The number of ether oxygens (including phenoxy) is 1. The van der Waals surface area contributed by atoms with Crippen molar-refractivity contribution in [1.29, 1.82) is 0 Å². The Bertz CT molecular complexity index is 474. The quantitative estimate of drug-likeness (QED) is 0.716. The van der Waals surface area contributed by atoms with E-state index >= 15 is 0 Å². The van der Waals surface area contributed by atoms with Crippen molar-refractivity contribution < 1.29 is 19.4 Å². The van der Waals surface area contributed by atoms with E-state index in [1.54, 1.807) is 18.2 Å². The number of carboxylic acid groups (broad SMARTS) is 1. The number of carbonyl (C=O) groups excluding carboxylic acids is 1. The van der Waals surface area contributed by atoms with Gasteiger partial charge in [-0.15, -0.1) is 0 Å². The van der Waals surface area contributed by atoms with Gasteiger partial charge in [-0.1, -0.05) is 0 Å². The van der Waals surface area contributed by atoms with E-state index in [4.69, 9.17) is 15.6 Å². The number of amides is 1. The van der Waals surface area contributed by atoms with Gasteiger partial charge in [-0.2, -0.15) is 0 Å². The lowest BCUT2D eigenvalue weighted by atomic mass is 10.1. The molecule has 0 aromatic heterocycles. The molecule has 0 saturated carbocycles. The minimum atomic E-state index is -1.11. The van der Waals surface area contributed by atoms with Crippen LogP contribution in [0.5, 0.6) is 5.75 Å². The summed E-state index contributed by atoms with van der Waals surface area (Å²) in [6.45, 7) is 4.31. The molecule has 0 aliphatic rings. The van der Waals surface area contributed by atoms with Crippen LogP contribution in [-0.2, 0) is 9.59 Å². The Kier molecular flexibility index (Phi) is 5.32. The zero-order valence-corrected chi connectivity index (χ0v) is 11.0. The van der Waals surface area contributed by atoms with Crippen LogP contribution in [0.3, 0.4) is 0 Å². The van der Waals surface area contributed by atoms with Gasteiger partial charge >= 0.3 is 5.97 Å². The lowest BCUT2D eigenvalue weighted by Gasteiger charge is -2.12. The largest absolute Gasteiger partial charge is 0.494 e. The average molecular weight is 266 g/mol. The molecule has 0 spiro atoms. The van der Waals surface area contributed by atoms with Crippen molar-refractivity contribution in [2.75, 3.05) is 11.9 Å². The van der Waals surface area contributed by atoms with Crippen LogP contribution in [0.1, 0.15) is 18.9 Å². The highest BCUT2D eigenvalue weighted by Gasteiger charge is 2.17. The molecule has 1 aromatic carbocycles. The molecule has 104 valence electrons. The maximum absolute atomic E-state index is 11.6. The average Bonchev–Trinajstić information content (AvgIpc) is 2.32. The van der Waals surface area contributed by atoms with Crippen LogP contribution in [0.2, 0.25) is 0 Å². The Morgan fingerprint density at radius 2 is 2.16 bits per heavy atom. The van der Waals surface area contributed by atoms with E-state index in [-0.39, 0.29) is 0 Å². The van der Waals surface area contributed by atoms with Gasteiger partial charge in [-0.05, 0) is 37.6 Å². The third kappa shape index (κ3) is 4.59. The Morgan fingerprint density at radius 3 is 2.68 bits per heavy atom. The highest BCUT2D eigenvalue weighted by Crippen LogP contribution is 2.21. The van der Waals surface area contributed by atoms with Gasteiger partial charge < -0.3 is 20.9 Å². The molecule has 1 aromatic rings. The van der Waals surface area contributed by atoms with Crippen LogP contribution in [0.25, 0.3) is 0 Å². The third-order valence-corrected chi connectivity index (χ3v) is 2.47. The number of aryl methyl sites for hydroxylation is 1. The molecule has 1 rings (SSSR count). The van der Waals surface area contributed by atoms with E-state index in [9.17, 15) is 9.59 Å². The first-order valence-electron chi connectivity index (χ1n) is 5.95. The second kappa shape index (κ2) is 6.75. The normalized spacial score (nSPS) is 11.7. The van der Waals surface area contributed by atoms with Crippen LogP contribution < -0.4 is 15.8 Å². The summed E-state index contributed by atoms with van der Waals surface area (Å²) in [4.78, 5) is 22.1. The van der Waals surface area contributed by atoms with Crippen molar-refractivity contribution in [3.8, 4) is 5.75 Å². The molecule has 6 nitrogen and oxygen atoms in total. The van der Waals surface area contributed by atoms with Crippen molar-refractivity contribution in [2.24, 2.45) is 5.73 Å². The zero-order chi connectivity index (χ0) is 14.4. The van der Waals surface area contributed by atoms with Crippen molar-refractivity contribution in [3.63, 3.8) is 0 Å². The predicted octanol–water partition coefficient (Wildman–Crippen LogP) is 1.13. The number of aliphatic carboxylic acids is 1. The highest BCUT2D eigenvalue weighted by molar-refractivity contribution is 5.96. The molecule has 4 N–H and O–H groups in total. The zero-order valence-electron chi connectivity index (χ0n) is 11.0. The molecule has 0 saturated heterocycles. The summed E-state index contributed by atoms with van der Waals surface area (Å²) in [5, 5.41) is 11.1. The maximum atomic E-state index is 11.6. The number of hydrogen-bond donors (Lipinski definition) is 3. The van der Waals surface area contributed by atoms with E-state index in [1.165, 1.54) is 0 Å². The van der Waals surface area contributed by atoms with Gasteiger partial charge in [0.05, 0.1) is 19.1 Å². The van der Waals surface area contributed by atoms with Crippen molar-refractivity contribution >= 4 is 17.6 Å². The number of rotatable bonds is 6. The number of nitrogens with one attached hydrogen (secondary N) is 1. The number of carbonyl (C=O) groups is 2. The Morgan fingerprint density at radius 1 is 1.47 bits per heavy atom. The van der Waals surface area contributed by atoms with Gasteiger partial charge in [0.2, 0.25) is 5.91 Å². The molecule has 0 aliphatic carbocycles. The van der Waals surface area contributed by atoms with E-state index in [0.29, 0.717) is 12.3 Å². The van der Waals surface area contributed by atoms with Gasteiger partial charge in [0.15, 0.2) is 0 Å². The molecule has 0 aliphatic heterocycles. The van der Waals surface area contributed by atoms with E-state index in [0.717, 1.165) is 11.3 Å². The molecular weight excluding hydrogens is 248 g/mol. The molecule has 6 heteroatoms. The first kappa shape index (κ1) is 15.0. The Hall–Kier alpha value is -2.08. The fraction of sp³-hybridized carbons (Fsp3) is 0.385. The SMILES string of the molecule is CCOc1ccc(NC(=O)C(N)CC(=O)O)cc1C. The smallest absolute Gasteiger partial charge is 0.305 e. The maximum Gasteiger partial charge on any atom is 0.305 e. The summed E-state index contributed by atoms with van der Waals surface area (Å²) >= 11 is 0. The monoisotopic (exact) mass is 266 g/mol. The molecule has 19 heavy (non-hydrogen) atoms. The summed E-state index contributed by atoms with van der Waals surface area (Å²) in [6, 6.07) is 4.11. The lowest BCUT2D eigenvalue weighted by Crippen LogP contribution is -2.37. The highest BCUT2D eigenvalue weighted by atomic mass is 16.5. The lowest BCUT2D eigenvalue weighted by molar-refractivity contribution is -0.138. The Labute approximate surface area is 111 Å². The predicted molar refractivity (Wildman–Crippen MR) is 71.2 cm³/mol. The molecule has 0 radical (unpaired) electrons. The first-order chi connectivity index (χ1) is 8.93. The van der Waals surface area contributed by atoms with Crippen molar-refractivity contribution in [1.82, 2.24) is 0 Å². The van der Waals surface area contributed by atoms with Crippen LogP contribution in [-0.4, -0.2) is 29.6 Å². The number of carboxylic acids is 1. The van der Waals surface area contributed by atoms with E-state index in [1.807, 2.05) is 13.8 Å². The topological polar surface area (TPSA) is 102 Å². The summed E-state index contributed by atoms with van der Waals surface area (Å²) in [7, 11) is 0. The van der Waals surface area contributed by atoms with Gasteiger partial charge in [0.1, 0.15) is 5.75 Å². The molecular formula is C13H18N2O4. The van der Waals surface area contributed by atoms with Crippen molar-refractivity contribution in [3.05, 3.63) is 23.8 Å². The molecule has 1 amide bonds. The third-order valence-electron chi connectivity index (χ3n) is 2.47. The first-order valence-corrected chi connectivity index (χ1v) is 5.95. The minimum Gasteiger partial charge on any atom is -0.494 e. The standard InChI is InChI=1S/C13H18N2O4/c1-3-19-11-5-4-9(6-8(11)2)15-13(18)10(14)7-12(16)17/h4-6,10H,3,7,14H2,1-2H3,(H,15,18)(H,16,17). The molecule has 0 fully saturated rings. The molecule has 1 atom stereocenters. The van der Waals surface area contributed by atoms with Gasteiger partial charge in [0, 0.05) is 5.69 Å². The second-order valence-corrected chi connectivity index (χ2v) is 4.11. The minimum absolute atomic E-state index is 0.401. The van der Waals surface area contributed by atoms with Crippen LogP contribution >= 0.6 is 0 Å². The van der Waals surface area contributed by atoms with Gasteiger partial charge in [-0.25, -0.2) is 0 Å². The number of benzene rings is 1.